The lowest BCUT2D eigenvalue weighted by Crippen LogP contribution is -2.34. The van der Waals surface area contributed by atoms with Crippen molar-refractivity contribution in [2.24, 2.45) is 0 Å². The number of benzene rings is 3. The van der Waals surface area contributed by atoms with E-state index in [0.717, 1.165) is 5.56 Å². The van der Waals surface area contributed by atoms with E-state index < -0.39 is 0 Å². The summed E-state index contributed by atoms with van der Waals surface area (Å²) in [7, 11) is 0. The molecular weight excluding hydrogens is 406 g/mol. The van der Waals surface area contributed by atoms with Gasteiger partial charge in [-0.1, -0.05) is 35.9 Å². The van der Waals surface area contributed by atoms with Crippen molar-refractivity contribution in [2.75, 3.05) is 10.6 Å². The molecule has 3 rings (SSSR count). The van der Waals surface area contributed by atoms with Crippen molar-refractivity contribution in [3.8, 4) is 0 Å². The van der Waals surface area contributed by atoms with Crippen molar-refractivity contribution in [1.82, 2.24) is 5.32 Å². The molecule has 0 heterocycles. The summed E-state index contributed by atoms with van der Waals surface area (Å²) in [5, 5.41) is 9.02. The maximum absolute atomic E-state index is 12.4. The van der Waals surface area contributed by atoms with Crippen LogP contribution in [0.1, 0.15) is 26.3 Å². The van der Waals surface area contributed by atoms with Gasteiger partial charge in [-0.15, -0.1) is 0 Å². The molecule has 0 saturated carbocycles. The van der Waals surface area contributed by atoms with Crippen LogP contribution in [0.15, 0.2) is 72.8 Å². The van der Waals surface area contributed by atoms with E-state index in [1.54, 1.807) is 54.6 Å². The third-order valence-electron chi connectivity index (χ3n) is 4.10. The summed E-state index contributed by atoms with van der Waals surface area (Å²) < 4.78 is 0. The molecule has 0 aliphatic rings. The Morgan fingerprint density at radius 1 is 0.828 bits per heavy atom. The molecule has 0 saturated heterocycles. The van der Waals surface area contributed by atoms with Gasteiger partial charge in [-0.05, 0) is 73.2 Å². The Bertz CT molecular complexity index is 1070. The Morgan fingerprint density at radius 2 is 1.48 bits per heavy atom. The quantitative estimate of drug-likeness (QED) is 0.515. The number of carbonyl (C=O) groups is 2. The summed E-state index contributed by atoms with van der Waals surface area (Å²) in [6.45, 7) is 1.89. The average Bonchev–Trinajstić information content (AvgIpc) is 2.69. The maximum atomic E-state index is 12.4. The Balaban J connectivity index is 1.57. The van der Waals surface area contributed by atoms with E-state index in [4.69, 9.17) is 23.8 Å². The monoisotopic (exact) mass is 423 g/mol. The minimum atomic E-state index is -0.355. The maximum Gasteiger partial charge on any atom is 0.257 e. The largest absolute Gasteiger partial charge is 0.332 e. The van der Waals surface area contributed by atoms with E-state index in [0.29, 0.717) is 27.5 Å². The molecule has 0 aliphatic carbocycles. The lowest BCUT2D eigenvalue weighted by Gasteiger charge is -2.11. The summed E-state index contributed by atoms with van der Waals surface area (Å²) in [6.07, 6.45) is 0. The second-order valence-corrected chi connectivity index (χ2v) is 7.11. The van der Waals surface area contributed by atoms with Crippen LogP contribution in [-0.4, -0.2) is 16.9 Å². The Kier molecular flexibility index (Phi) is 6.59. The highest BCUT2D eigenvalue weighted by molar-refractivity contribution is 7.80. The first kappa shape index (κ1) is 20.5. The predicted octanol–water partition coefficient (Wildman–Crippen LogP) is 5.03. The standard InChI is InChI=1S/C22H18ClN3O2S/c1-14-5-2-3-8-19(14)21(28)24-17-9-11-18(12-10-17)25-22(29)26-20(27)15-6-4-7-16(23)13-15/h2-13H,1H3,(H,24,28)(H2,25,26,27,29). The van der Waals surface area contributed by atoms with Crippen LogP contribution in [0.2, 0.25) is 5.02 Å². The topological polar surface area (TPSA) is 70.2 Å². The molecule has 0 radical (unpaired) electrons. The highest BCUT2D eigenvalue weighted by Crippen LogP contribution is 2.16. The van der Waals surface area contributed by atoms with E-state index in [1.165, 1.54) is 0 Å². The first-order valence-corrected chi connectivity index (χ1v) is 9.56. The van der Waals surface area contributed by atoms with Crippen LogP contribution in [0.5, 0.6) is 0 Å². The van der Waals surface area contributed by atoms with Crippen LogP contribution in [0.25, 0.3) is 0 Å². The van der Waals surface area contributed by atoms with Crippen molar-refractivity contribution < 1.29 is 9.59 Å². The van der Waals surface area contributed by atoms with Crippen LogP contribution in [0, 0.1) is 6.92 Å². The molecule has 0 spiro atoms. The lowest BCUT2D eigenvalue weighted by atomic mass is 10.1. The molecule has 0 aromatic heterocycles. The van der Waals surface area contributed by atoms with Crippen molar-refractivity contribution in [3.05, 3.63) is 94.5 Å². The van der Waals surface area contributed by atoms with E-state index in [9.17, 15) is 9.59 Å². The Morgan fingerprint density at radius 3 is 2.14 bits per heavy atom. The molecule has 146 valence electrons. The first-order valence-electron chi connectivity index (χ1n) is 8.77. The number of amides is 2. The molecule has 0 bridgehead atoms. The van der Waals surface area contributed by atoms with Gasteiger partial charge in [0.05, 0.1) is 0 Å². The SMILES string of the molecule is Cc1ccccc1C(=O)Nc1ccc(NC(=S)NC(=O)c2cccc(Cl)c2)cc1. The summed E-state index contributed by atoms with van der Waals surface area (Å²) in [4.78, 5) is 24.6. The highest BCUT2D eigenvalue weighted by atomic mass is 35.5. The van der Waals surface area contributed by atoms with E-state index in [2.05, 4.69) is 16.0 Å². The molecule has 3 aromatic carbocycles. The highest BCUT2D eigenvalue weighted by Gasteiger charge is 2.10. The molecule has 3 aromatic rings. The van der Waals surface area contributed by atoms with Gasteiger partial charge in [0.15, 0.2) is 5.11 Å². The molecule has 0 atom stereocenters. The Hall–Kier alpha value is -3.22. The van der Waals surface area contributed by atoms with E-state index in [1.807, 2.05) is 25.1 Å². The van der Waals surface area contributed by atoms with Crippen LogP contribution in [0.4, 0.5) is 11.4 Å². The molecule has 29 heavy (non-hydrogen) atoms. The van der Waals surface area contributed by atoms with Crippen LogP contribution in [-0.2, 0) is 0 Å². The third kappa shape index (κ3) is 5.63. The first-order chi connectivity index (χ1) is 13.9. The number of thiocarbonyl (C=S) groups is 1. The Labute approximate surface area is 179 Å². The smallest absolute Gasteiger partial charge is 0.257 e. The van der Waals surface area contributed by atoms with Gasteiger partial charge in [0.2, 0.25) is 0 Å². The number of aryl methyl sites for hydroxylation is 1. The number of nitrogens with one attached hydrogen (secondary N) is 3. The summed E-state index contributed by atoms with van der Waals surface area (Å²) in [5.41, 5.74) is 3.27. The lowest BCUT2D eigenvalue weighted by molar-refractivity contribution is 0.0976. The zero-order chi connectivity index (χ0) is 20.8. The molecule has 0 unspecified atom stereocenters. The fourth-order valence-corrected chi connectivity index (χ4v) is 3.03. The third-order valence-corrected chi connectivity index (χ3v) is 4.54. The zero-order valence-corrected chi connectivity index (χ0v) is 17.1. The number of hydrogen-bond donors (Lipinski definition) is 3. The van der Waals surface area contributed by atoms with Gasteiger partial charge in [-0.25, -0.2) is 0 Å². The number of hydrogen-bond acceptors (Lipinski definition) is 3. The van der Waals surface area contributed by atoms with Crippen LogP contribution < -0.4 is 16.0 Å². The number of rotatable bonds is 4. The van der Waals surface area contributed by atoms with Gasteiger partial charge in [0, 0.05) is 27.5 Å². The van der Waals surface area contributed by atoms with Crippen LogP contribution in [0.3, 0.4) is 0 Å². The molecule has 5 nitrogen and oxygen atoms in total. The fraction of sp³-hybridized carbons (Fsp3) is 0.0455. The van der Waals surface area contributed by atoms with E-state index in [-0.39, 0.29) is 16.9 Å². The number of carbonyl (C=O) groups excluding carboxylic acids is 2. The van der Waals surface area contributed by atoms with Crippen molar-refractivity contribution in [1.29, 1.82) is 0 Å². The van der Waals surface area contributed by atoms with Crippen molar-refractivity contribution in [3.63, 3.8) is 0 Å². The van der Waals surface area contributed by atoms with Gasteiger partial charge >= 0.3 is 0 Å². The number of halogens is 1. The van der Waals surface area contributed by atoms with Gasteiger partial charge < -0.3 is 10.6 Å². The minimum absolute atomic E-state index is 0.159. The molecule has 2 amide bonds. The van der Waals surface area contributed by atoms with Gasteiger partial charge in [-0.2, -0.15) is 0 Å². The predicted molar refractivity (Wildman–Crippen MR) is 121 cm³/mol. The average molecular weight is 424 g/mol. The molecule has 7 heteroatoms. The fourth-order valence-electron chi connectivity index (χ4n) is 2.63. The zero-order valence-electron chi connectivity index (χ0n) is 15.5. The summed E-state index contributed by atoms with van der Waals surface area (Å²) in [5.74, 6) is -0.528. The second-order valence-electron chi connectivity index (χ2n) is 6.26. The van der Waals surface area contributed by atoms with Gasteiger partial charge in [-0.3, -0.25) is 14.9 Å². The molecule has 3 N–H and O–H groups in total. The second kappa shape index (κ2) is 9.32. The molecule has 0 fully saturated rings. The van der Waals surface area contributed by atoms with E-state index >= 15 is 0 Å². The number of anilines is 2. The molecular formula is C22H18ClN3O2S. The summed E-state index contributed by atoms with van der Waals surface area (Å²) >= 11 is 11.1. The minimum Gasteiger partial charge on any atom is -0.332 e. The molecule has 0 aliphatic heterocycles. The summed E-state index contributed by atoms with van der Waals surface area (Å²) in [6, 6.07) is 21.0. The van der Waals surface area contributed by atoms with Crippen LogP contribution >= 0.6 is 23.8 Å². The van der Waals surface area contributed by atoms with Gasteiger partial charge in [0.1, 0.15) is 0 Å². The van der Waals surface area contributed by atoms with Gasteiger partial charge in [0.25, 0.3) is 11.8 Å². The van der Waals surface area contributed by atoms with Crippen molar-refractivity contribution in [2.45, 2.75) is 6.92 Å². The normalized spacial score (nSPS) is 10.1. The van der Waals surface area contributed by atoms with Crippen molar-refractivity contribution >= 4 is 52.1 Å².